The van der Waals surface area contributed by atoms with Crippen LogP contribution in [0.15, 0.2) is 54.9 Å². The molecule has 8 heteroatoms. The summed E-state index contributed by atoms with van der Waals surface area (Å²) in [6.45, 7) is 1.14. The Kier molecular flexibility index (Phi) is 5.72. The Hall–Kier alpha value is -3.32. The lowest BCUT2D eigenvalue weighted by Gasteiger charge is -2.19. The predicted octanol–water partition coefficient (Wildman–Crippen LogP) is 3.97. The zero-order valence-corrected chi connectivity index (χ0v) is 17.2. The number of ether oxygens (including phenoxy) is 1. The number of halogens is 1. The lowest BCUT2D eigenvalue weighted by atomic mass is 10.2. The Labute approximate surface area is 179 Å². The van der Waals surface area contributed by atoms with Gasteiger partial charge in [-0.15, -0.1) is 0 Å². The van der Waals surface area contributed by atoms with Crippen molar-refractivity contribution < 1.29 is 14.3 Å². The molecule has 1 saturated heterocycles. The number of rotatable bonds is 6. The highest BCUT2D eigenvalue weighted by atomic mass is 35.5. The fourth-order valence-electron chi connectivity index (χ4n) is 3.45. The number of anilines is 2. The van der Waals surface area contributed by atoms with Gasteiger partial charge in [0, 0.05) is 35.9 Å². The third-order valence-electron chi connectivity index (χ3n) is 4.99. The summed E-state index contributed by atoms with van der Waals surface area (Å²) in [4.78, 5) is 26.4. The van der Waals surface area contributed by atoms with E-state index >= 15 is 0 Å². The molecule has 2 aromatic carbocycles. The van der Waals surface area contributed by atoms with Crippen molar-refractivity contribution in [2.24, 2.45) is 0 Å². The number of aromatic nitrogens is 2. The summed E-state index contributed by atoms with van der Waals surface area (Å²) in [5.74, 6) is 0.334. The van der Waals surface area contributed by atoms with Crippen molar-refractivity contribution in [3.05, 3.63) is 71.0 Å². The van der Waals surface area contributed by atoms with E-state index in [-0.39, 0.29) is 11.8 Å². The Balaban J connectivity index is 1.47. The van der Waals surface area contributed by atoms with Crippen LogP contribution >= 0.6 is 11.6 Å². The van der Waals surface area contributed by atoms with Crippen molar-refractivity contribution in [2.75, 3.05) is 23.9 Å². The van der Waals surface area contributed by atoms with Crippen LogP contribution in [-0.4, -0.2) is 35.2 Å². The highest BCUT2D eigenvalue weighted by molar-refractivity contribution is 6.31. The van der Waals surface area contributed by atoms with Crippen molar-refractivity contribution in [3.63, 3.8) is 0 Å². The molecule has 0 unspecified atom stereocenters. The fraction of sp³-hybridized carbons (Fsp3) is 0.227. The molecule has 4 rings (SSSR count). The molecule has 0 atom stereocenters. The molecular weight excluding hydrogens is 404 g/mol. The molecule has 0 aliphatic carbocycles. The van der Waals surface area contributed by atoms with E-state index in [0.29, 0.717) is 47.2 Å². The first kappa shape index (κ1) is 20.0. The average molecular weight is 425 g/mol. The van der Waals surface area contributed by atoms with Crippen LogP contribution in [0.2, 0.25) is 5.02 Å². The smallest absolute Gasteiger partial charge is 0.258 e. The van der Waals surface area contributed by atoms with E-state index in [1.807, 2.05) is 24.3 Å². The number of carbonyl (C=O) groups is 2. The number of amides is 2. The molecule has 30 heavy (non-hydrogen) atoms. The molecule has 1 N–H and O–H groups in total. The molecule has 0 spiro atoms. The molecule has 0 bridgehead atoms. The van der Waals surface area contributed by atoms with Crippen molar-refractivity contribution in [1.82, 2.24) is 9.78 Å². The van der Waals surface area contributed by atoms with Crippen LogP contribution in [0.1, 0.15) is 28.8 Å². The van der Waals surface area contributed by atoms with Crippen LogP contribution in [0.4, 0.5) is 11.4 Å². The molecule has 2 amide bonds. The molecule has 2 heterocycles. The Morgan fingerprint density at radius 2 is 2.10 bits per heavy atom. The second-order valence-corrected chi connectivity index (χ2v) is 7.41. The molecule has 1 fully saturated rings. The minimum atomic E-state index is -0.285. The van der Waals surface area contributed by atoms with E-state index in [9.17, 15) is 9.59 Å². The first-order valence-electron chi connectivity index (χ1n) is 9.61. The normalized spacial score (nSPS) is 13.5. The van der Waals surface area contributed by atoms with Gasteiger partial charge in [-0.05, 0) is 30.2 Å². The zero-order valence-electron chi connectivity index (χ0n) is 16.5. The minimum Gasteiger partial charge on any atom is -0.494 e. The Bertz CT molecular complexity index is 1100. The maximum atomic E-state index is 12.6. The molecule has 1 aliphatic rings. The fourth-order valence-corrected chi connectivity index (χ4v) is 3.65. The second-order valence-electron chi connectivity index (χ2n) is 7.01. The van der Waals surface area contributed by atoms with E-state index in [1.165, 1.54) is 6.20 Å². The average Bonchev–Trinajstić information content (AvgIpc) is 3.39. The summed E-state index contributed by atoms with van der Waals surface area (Å²) in [6, 6.07) is 12.8. The standard InChI is InChI=1S/C22H21ClN4O3/c1-30-20-11-17(8-9-19(20)27-10-4-7-21(27)28)25-22(29)16-12-24-26(14-16)13-15-5-2-3-6-18(15)23/h2-3,5-6,8-9,11-12,14H,4,7,10,13H2,1H3,(H,25,29). The maximum absolute atomic E-state index is 12.6. The van der Waals surface area contributed by atoms with Gasteiger partial charge in [-0.25, -0.2) is 0 Å². The van der Waals surface area contributed by atoms with Gasteiger partial charge in [0.25, 0.3) is 5.91 Å². The van der Waals surface area contributed by atoms with Gasteiger partial charge in [0.15, 0.2) is 0 Å². The van der Waals surface area contributed by atoms with Crippen molar-refractivity contribution in [1.29, 1.82) is 0 Å². The van der Waals surface area contributed by atoms with Crippen LogP contribution in [0.3, 0.4) is 0 Å². The molecule has 1 aliphatic heterocycles. The summed E-state index contributed by atoms with van der Waals surface area (Å²) in [7, 11) is 1.55. The van der Waals surface area contributed by atoms with Gasteiger partial charge < -0.3 is 15.0 Å². The van der Waals surface area contributed by atoms with Gasteiger partial charge in [0.05, 0.1) is 31.1 Å². The van der Waals surface area contributed by atoms with Gasteiger partial charge in [-0.3, -0.25) is 14.3 Å². The highest BCUT2D eigenvalue weighted by Gasteiger charge is 2.24. The number of hydrogen-bond acceptors (Lipinski definition) is 4. The van der Waals surface area contributed by atoms with E-state index in [4.69, 9.17) is 16.3 Å². The van der Waals surface area contributed by atoms with E-state index in [2.05, 4.69) is 10.4 Å². The number of nitrogens with zero attached hydrogens (tertiary/aromatic N) is 3. The molecule has 154 valence electrons. The minimum absolute atomic E-state index is 0.0796. The summed E-state index contributed by atoms with van der Waals surface area (Å²) >= 11 is 6.19. The monoisotopic (exact) mass is 424 g/mol. The quantitative estimate of drug-likeness (QED) is 0.649. The van der Waals surface area contributed by atoms with Crippen LogP contribution in [0.25, 0.3) is 0 Å². The van der Waals surface area contributed by atoms with Crippen molar-refractivity contribution in [2.45, 2.75) is 19.4 Å². The van der Waals surface area contributed by atoms with Gasteiger partial charge in [0.2, 0.25) is 5.91 Å². The lowest BCUT2D eigenvalue weighted by Crippen LogP contribution is -2.24. The number of carbonyl (C=O) groups excluding carboxylic acids is 2. The number of hydrogen-bond donors (Lipinski definition) is 1. The summed E-state index contributed by atoms with van der Waals surface area (Å²) < 4.78 is 7.11. The summed E-state index contributed by atoms with van der Waals surface area (Å²) in [5, 5.41) is 7.76. The first-order chi connectivity index (χ1) is 14.5. The van der Waals surface area contributed by atoms with Gasteiger partial charge in [0.1, 0.15) is 5.75 Å². The SMILES string of the molecule is COc1cc(NC(=O)c2cnn(Cc3ccccc3Cl)c2)ccc1N1CCCC1=O. The van der Waals surface area contributed by atoms with Crippen LogP contribution in [0.5, 0.6) is 5.75 Å². The van der Waals surface area contributed by atoms with Crippen molar-refractivity contribution >= 4 is 34.8 Å². The van der Waals surface area contributed by atoms with Gasteiger partial charge in [-0.2, -0.15) is 5.10 Å². The third kappa shape index (κ3) is 4.16. The van der Waals surface area contributed by atoms with Crippen LogP contribution in [-0.2, 0) is 11.3 Å². The number of nitrogens with one attached hydrogen (secondary N) is 1. The molecular formula is C22H21ClN4O3. The molecule has 0 saturated carbocycles. The molecule has 0 radical (unpaired) electrons. The lowest BCUT2D eigenvalue weighted by molar-refractivity contribution is -0.117. The molecule has 7 nitrogen and oxygen atoms in total. The van der Waals surface area contributed by atoms with Gasteiger partial charge >= 0.3 is 0 Å². The van der Waals surface area contributed by atoms with Crippen LogP contribution in [0, 0.1) is 0 Å². The largest absolute Gasteiger partial charge is 0.494 e. The number of benzene rings is 2. The maximum Gasteiger partial charge on any atom is 0.258 e. The Morgan fingerprint density at radius 3 is 2.83 bits per heavy atom. The van der Waals surface area contributed by atoms with Crippen molar-refractivity contribution in [3.8, 4) is 5.75 Å². The summed E-state index contributed by atoms with van der Waals surface area (Å²) in [6.07, 6.45) is 4.56. The summed E-state index contributed by atoms with van der Waals surface area (Å²) in [5.41, 5.74) is 2.64. The highest BCUT2D eigenvalue weighted by Crippen LogP contribution is 2.34. The first-order valence-corrected chi connectivity index (χ1v) is 9.98. The Morgan fingerprint density at radius 1 is 1.27 bits per heavy atom. The van der Waals surface area contributed by atoms with E-state index in [1.54, 1.807) is 41.1 Å². The zero-order chi connectivity index (χ0) is 21.1. The molecule has 3 aromatic rings. The van der Waals surface area contributed by atoms with E-state index in [0.717, 1.165) is 12.0 Å². The number of methoxy groups -OCH3 is 1. The predicted molar refractivity (Wildman–Crippen MR) is 115 cm³/mol. The van der Waals surface area contributed by atoms with Crippen LogP contribution < -0.4 is 15.0 Å². The molecule has 1 aromatic heterocycles. The van der Waals surface area contributed by atoms with Gasteiger partial charge in [-0.1, -0.05) is 29.8 Å². The topological polar surface area (TPSA) is 76.5 Å². The van der Waals surface area contributed by atoms with E-state index < -0.39 is 0 Å². The third-order valence-corrected chi connectivity index (χ3v) is 5.36. The second kappa shape index (κ2) is 8.59.